The zero-order valence-corrected chi connectivity index (χ0v) is 18.4. The Labute approximate surface area is 182 Å². The number of hydrogen-bond acceptors (Lipinski definition) is 5. The van der Waals surface area contributed by atoms with Crippen LogP contribution in [0.25, 0.3) is 16.9 Å². The Kier molecular flexibility index (Phi) is 7.20. The van der Waals surface area contributed by atoms with Gasteiger partial charge in [0.25, 0.3) is 0 Å². The Bertz CT molecular complexity index is 1050. The molecule has 7 heteroatoms. The molecule has 3 aromatic rings. The minimum atomic E-state index is -0.379. The fourth-order valence-electron chi connectivity index (χ4n) is 3.17. The van der Waals surface area contributed by atoms with E-state index < -0.39 is 0 Å². The van der Waals surface area contributed by atoms with Crippen LogP contribution in [-0.4, -0.2) is 54.3 Å². The summed E-state index contributed by atoms with van der Waals surface area (Å²) in [6.45, 7) is 3.23. The van der Waals surface area contributed by atoms with Crippen LogP contribution in [0.3, 0.4) is 0 Å². The van der Waals surface area contributed by atoms with Crippen LogP contribution in [0.2, 0.25) is 0 Å². The number of methoxy groups -OCH3 is 1. The van der Waals surface area contributed by atoms with Crippen LogP contribution in [0, 0.1) is 6.92 Å². The lowest BCUT2D eigenvalue weighted by Gasteiger charge is -2.10. The lowest BCUT2D eigenvalue weighted by Crippen LogP contribution is -2.26. The van der Waals surface area contributed by atoms with E-state index in [2.05, 4.69) is 5.32 Å². The highest BCUT2D eigenvalue weighted by Gasteiger charge is 2.12. The molecule has 0 radical (unpaired) electrons. The number of esters is 1. The van der Waals surface area contributed by atoms with Gasteiger partial charge in [-0.2, -0.15) is 5.10 Å². The highest BCUT2D eigenvalue weighted by atomic mass is 16.5. The predicted molar refractivity (Wildman–Crippen MR) is 120 cm³/mol. The zero-order chi connectivity index (χ0) is 22.4. The Morgan fingerprint density at radius 3 is 2.55 bits per heavy atom. The first-order chi connectivity index (χ1) is 14.9. The maximum atomic E-state index is 11.9. The van der Waals surface area contributed by atoms with Crippen molar-refractivity contribution in [3.63, 3.8) is 0 Å². The summed E-state index contributed by atoms with van der Waals surface area (Å²) in [5, 5.41) is 7.66. The maximum Gasteiger partial charge on any atom is 0.337 e. The number of hydrogen-bond donors (Lipinski definition) is 1. The summed E-state index contributed by atoms with van der Waals surface area (Å²) >= 11 is 0. The molecular formula is C24H28N4O3. The highest BCUT2D eigenvalue weighted by Crippen LogP contribution is 2.24. The second-order valence-electron chi connectivity index (χ2n) is 7.67. The van der Waals surface area contributed by atoms with Gasteiger partial charge in [-0.15, -0.1) is 0 Å². The highest BCUT2D eigenvalue weighted by molar-refractivity contribution is 5.89. The van der Waals surface area contributed by atoms with Crippen molar-refractivity contribution in [3.8, 4) is 16.9 Å². The minimum Gasteiger partial charge on any atom is -0.465 e. The molecule has 1 heterocycles. The van der Waals surface area contributed by atoms with Crippen molar-refractivity contribution in [2.75, 3.05) is 27.7 Å². The zero-order valence-electron chi connectivity index (χ0n) is 18.4. The molecule has 0 aliphatic rings. The van der Waals surface area contributed by atoms with E-state index in [0.717, 1.165) is 34.6 Å². The van der Waals surface area contributed by atoms with E-state index in [1.165, 1.54) is 7.11 Å². The second-order valence-corrected chi connectivity index (χ2v) is 7.67. The third-order valence-electron chi connectivity index (χ3n) is 4.93. The molecule has 7 nitrogen and oxygen atoms in total. The van der Waals surface area contributed by atoms with Gasteiger partial charge in [0.05, 0.1) is 24.1 Å². The molecule has 0 aliphatic heterocycles. The Morgan fingerprint density at radius 2 is 1.87 bits per heavy atom. The van der Waals surface area contributed by atoms with Crippen molar-refractivity contribution < 1.29 is 14.3 Å². The van der Waals surface area contributed by atoms with E-state index in [1.54, 1.807) is 22.9 Å². The standard InChI is InChI=1S/C24H28N4O3/c1-17-16-28(21-7-5-6-20(14-21)24(30)31-4)26-23(17)19-10-8-18(9-11-19)15-25-22(29)12-13-27(2)3/h5-11,14,16H,12-13,15H2,1-4H3,(H,25,29). The van der Waals surface area contributed by atoms with E-state index >= 15 is 0 Å². The van der Waals surface area contributed by atoms with Crippen LogP contribution in [0.5, 0.6) is 0 Å². The van der Waals surface area contributed by atoms with Crippen molar-refractivity contribution in [2.24, 2.45) is 0 Å². The summed E-state index contributed by atoms with van der Waals surface area (Å²) < 4.78 is 6.56. The van der Waals surface area contributed by atoms with Crippen molar-refractivity contribution in [2.45, 2.75) is 19.9 Å². The average molecular weight is 421 g/mol. The van der Waals surface area contributed by atoms with Gasteiger partial charge in [-0.05, 0) is 50.3 Å². The van der Waals surface area contributed by atoms with Crippen molar-refractivity contribution in [1.29, 1.82) is 0 Å². The van der Waals surface area contributed by atoms with Crippen molar-refractivity contribution in [3.05, 3.63) is 71.4 Å². The minimum absolute atomic E-state index is 0.0431. The van der Waals surface area contributed by atoms with E-state index in [1.807, 2.05) is 62.4 Å². The average Bonchev–Trinajstić information content (AvgIpc) is 3.17. The summed E-state index contributed by atoms with van der Waals surface area (Å²) in [7, 11) is 5.26. The number of benzene rings is 2. The van der Waals surface area contributed by atoms with Gasteiger partial charge in [0, 0.05) is 31.3 Å². The van der Waals surface area contributed by atoms with Gasteiger partial charge < -0.3 is 15.0 Å². The van der Waals surface area contributed by atoms with Crippen LogP contribution >= 0.6 is 0 Å². The molecule has 3 rings (SSSR count). The third-order valence-corrected chi connectivity index (χ3v) is 4.93. The molecule has 1 amide bonds. The predicted octanol–water partition coefficient (Wildman–Crippen LogP) is 3.20. The van der Waals surface area contributed by atoms with Gasteiger partial charge in [-0.1, -0.05) is 30.3 Å². The summed E-state index contributed by atoms with van der Waals surface area (Å²) in [4.78, 5) is 25.7. The molecule has 0 spiro atoms. The van der Waals surface area contributed by atoms with Gasteiger partial charge in [0.1, 0.15) is 0 Å². The molecule has 31 heavy (non-hydrogen) atoms. The molecule has 0 saturated heterocycles. The van der Waals surface area contributed by atoms with E-state index in [9.17, 15) is 9.59 Å². The third kappa shape index (κ3) is 5.79. The van der Waals surface area contributed by atoms with Gasteiger partial charge >= 0.3 is 5.97 Å². The van der Waals surface area contributed by atoms with Crippen LogP contribution in [0.4, 0.5) is 0 Å². The molecule has 0 bridgehead atoms. The molecule has 1 aromatic heterocycles. The number of aryl methyl sites for hydroxylation is 1. The lowest BCUT2D eigenvalue weighted by molar-refractivity contribution is -0.121. The smallest absolute Gasteiger partial charge is 0.337 e. The van der Waals surface area contributed by atoms with Crippen molar-refractivity contribution >= 4 is 11.9 Å². The fourth-order valence-corrected chi connectivity index (χ4v) is 3.17. The molecule has 0 unspecified atom stereocenters. The number of carbonyl (C=O) groups excluding carboxylic acids is 2. The number of ether oxygens (including phenoxy) is 1. The van der Waals surface area contributed by atoms with Crippen LogP contribution in [-0.2, 0) is 16.1 Å². The Hall–Kier alpha value is -3.45. The quantitative estimate of drug-likeness (QED) is 0.567. The number of rotatable bonds is 8. The van der Waals surface area contributed by atoms with Crippen LogP contribution in [0.1, 0.15) is 27.9 Å². The van der Waals surface area contributed by atoms with E-state index in [0.29, 0.717) is 18.5 Å². The first-order valence-electron chi connectivity index (χ1n) is 10.1. The second kappa shape index (κ2) is 10.0. The molecule has 1 N–H and O–H groups in total. The number of nitrogens with one attached hydrogen (secondary N) is 1. The molecule has 2 aromatic carbocycles. The fraction of sp³-hybridized carbons (Fsp3) is 0.292. The summed E-state index contributed by atoms with van der Waals surface area (Å²) in [6.07, 6.45) is 2.42. The van der Waals surface area contributed by atoms with Crippen LogP contribution < -0.4 is 5.32 Å². The number of carbonyl (C=O) groups is 2. The summed E-state index contributed by atoms with van der Waals surface area (Å²) in [5.41, 5.74) is 5.17. The number of nitrogens with zero attached hydrogens (tertiary/aromatic N) is 3. The Balaban J connectivity index is 1.71. The molecule has 162 valence electrons. The number of aromatic nitrogens is 2. The topological polar surface area (TPSA) is 76.5 Å². The molecule has 0 saturated carbocycles. The van der Waals surface area contributed by atoms with Gasteiger partial charge in [0.15, 0.2) is 0 Å². The largest absolute Gasteiger partial charge is 0.465 e. The Morgan fingerprint density at radius 1 is 1.13 bits per heavy atom. The van der Waals surface area contributed by atoms with E-state index in [4.69, 9.17) is 9.84 Å². The van der Waals surface area contributed by atoms with Gasteiger partial charge in [-0.25, -0.2) is 9.48 Å². The molecule has 0 atom stereocenters. The normalized spacial score (nSPS) is 10.9. The molecule has 0 fully saturated rings. The maximum absolute atomic E-state index is 11.9. The molecule has 0 aliphatic carbocycles. The first-order valence-corrected chi connectivity index (χ1v) is 10.1. The van der Waals surface area contributed by atoms with E-state index in [-0.39, 0.29) is 11.9 Å². The monoisotopic (exact) mass is 420 g/mol. The van der Waals surface area contributed by atoms with Gasteiger partial charge in [0.2, 0.25) is 5.91 Å². The number of amides is 1. The lowest BCUT2D eigenvalue weighted by atomic mass is 10.1. The molecular weight excluding hydrogens is 392 g/mol. The SMILES string of the molecule is COC(=O)c1cccc(-n2cc(C)c(-c3ccc(CNC(=O)CCN(C)C)cc3)n2)c1. The summed E-state index contributed by atoms with van der Waals surface area (Å²) in [6, 6.07) is 15.2. The first kappa shape index (κ1) is 22.2. The summed E-state index contributed by atoms with van der Waals surface area (Å²) in [5.74, 6) is -0.336. The van der Waals surface area contributed by atoms with Gasteiger partial charge in [-0.3, -0.25) is 4.79 Å². The van der Waals surface area contributed by atoms with Crippen molar-refractivity contribution in [1.82, 2.24) is 20.0 Å². The van der Waals surface area contributed by atoms with Crippen LogP contribution in [0.15, 0.2) is 54.7 Å².